The van der Waals surface area contributed by atoms with E-state index in [1.165, 1.54) is 18.4 Å². The van der Waals surface area contributed by atoms with Crippen LogP contribution in [-0.2, 0) is 11.2 Å². The smallest absolute Gasteiger partial charge is 0.209 e. The summed E-state index contributed by atoms with van der Waals surface area (Å²) in [6.45, 7) is 5.26. The van der Waals surface area contributed by atoms with Gasteiger partial charge in [0.1, 0.15) is 0 Å². The van der Waals surface area contributed by atoms with Crippen LogP contribution in [0.5, 0.6) is 0 Å². The minimum absolute atomic E-state index is 0.737. The fourth-order valence-electron chi connectivity index (χ4n) is 2.37. The van der Waals surface area contributed by atoms with E-state index in [1.54, 1.807) is 4.90 Å². The van der Waals surface area contributed by atoms with Gasteiger partial charge in [-0.1, -0.05) is 25.5 Å². The van der Waals surface area contributed by atoms with Crippen LogP contribution in [0, 0.1) is 0 Å². The molecule has 0 unspecified atom stereocenters. The number of unbranched alkanes of at least 4 members (excludes halogenated alkanes) is 1. The predicted octanol–water partition coefficient (Wildman–Crippen LogP) is 2.50. The van der Waals surface area contributed by atoms with Crippen molar-refractivity contribution in [3.8, 4) is 0 Å². The van der Waals surface area contributed by atoms with E-state index in [1.807, 2.05) is 0 Å². The van der Waals surface area contributed by atoms with Gasteiger partial charge in [-0.3, -0.25) is 4.79 Å². The highest BCUT2D eigenvalue weighted by molar-refractivity contribution is 7.80. The number of hydrogen-bond donors (Lipinski definition) is 1. The van der Waals surface area contributed by atoms with Gasteiger partial charge in [0, 0.05) is 31.9 Å². The van der Waals surface area contributed by atoms with Gasteiger partial charge in [0.2, 0.25) is 6.41 Å². The van der Waals surface area contributed by atoms with E-state index in [0.717, 1.165) is 49.8 Å². The third-order valence-electron chi connectivity index (χ3n) is 3.77. The van der Waals surface area contributed by atoms with E-state index < -0.39 is 0 Å². The zero-order valence-corrected chi connectivity index (χ0v) is 13.4. The summed E-state index contributed by atoms with van der Waals surface area (Å²) in [5.41, 5.74) is 2.39. The molecular formula is C16H23N3OS. The Morgan fingerprint density at radius 3 is 2.48 bits per heavy atom. The Hall–Kier alpha value is -1.62. The third-order valence-corrected chi connectivity index (χ3v) is 4.14. The lowest BCUT2D eigenvalue weighted by Gasteiger charge is -2.34. The Morgan fingerprint density at radius 1 is 1.24 bits per heavy atom. The number of aryl methyl sites for hydroxylation is 1. The molecule has 0 saturated carbocycles. The van der Waals surface area contributed by atoms with Gasteiger partial charge in [-0.25, -0.2) is 0 Å². The largest absolute Gasteiger partial charge is 0.345 e. The summed E-state index contributed by atoms with van der Waals surface area (Å²) < 4.78 is 0. The number of carbonyl (C=O) groups is 1. The van der Waals surface area contributed by atoms with Crippen molar-refractivity contribution >= 4 is 29.4 Å². The summed E-state index contributed by atoms with van der Waals surface area (Å²) in [5, 5.41) is 4.02. The van der Waals surface area contributed by atoms with Gasteiger partial charge in [0.15, 0.2) is 5.11 Å². The van der Waals surface area contributed by atoms with E-state index >= 15 is 0 Å². The molecule has 2 rings (SSSR count). The average Bonchev–Trinajstić information content (AvgIpc) is 2.54. The number of rotatable bonds is 5. The highest BCUT2D eigenvalue weighted by atomic mass is 32.1. The molecule has 1 fully saturated rings. The Balaban J connectivity index is 1.83. The van der Waals surface area contributed by atoms with Crippen molar-refractivity contribution in [3.63, 3.8) is 0 Å². The molecule has 1 aliphatic heterocycles. The molecule has 1 N–H and O–H groups in total. The SMILES string of the molecule is CCCCc1ccc(NC(=S)N2CCN(C=O)CC2)cc1. The predicted molar refractivity (Wildman–Crippen MR) is 90.5 cm³/mol. The highest BCUT2D eigenvalue weighted by Gasteiger charge is 2.17. The molecule has 0 atom stereocenters. The topological polar surface area (TPSA) is 35.6 Å². The quantitative estimate of drug-likeness (QED) is 0.670. The molecule has 5 heteroatoms. The number of thiocarbonyl (C=S) groups is 1. The Bertz CT molecular complexity index is 467. The number of anilines is 1. The minimum atomic E-state index is 0.737. The first-order chi connectivity index (χ1) is 10.2. The van der Waals surface area contributed by atoms with Crippen LogP contribution < -0.4 is 5.32 Å². The molecule has 21 heavy (non-hydrogen) atoms. The first-order valence-electron chi connectivity index (χ1n) is 7.57. The molecule has 1 saturated heterocycles. The molecular weight excluding hydrogens is 282 g/mol. The van der Waals surface area contributed by atoms with Crippen LogP contribution in [0.15, 0.2) is 24.3 Å². The summed E-state index contributed by atoms with van der Waals surface area (Å²) >= 11 is 5.44. The molecule has 0 bridgehead atoms. The second-order valence-corrected chi connectivity index (χ2v) is 5.75. The number of hydrogen-bond acceptors (Lipinski definition) is 2. The molecule has 114 valence electrons. The summed E-state index contributed by atoms with van der Waals surface area (Å²) in [7, 11) is 0. The lowest BCUT2D eigenvalue weighted by atomic mass is 10.1. The molecule has 0 radical (unpaired) electrons. The van der Waals surface area contributed by atoms with Crippen LogP contribution in [-0.4, -0.2) is 47.5 Å². The second kappa shape index (κ2) is 7.98. The minimum Gasteiger partial charge on any atom is -0.345 e. The van der Waals surface area contributed by atoms with Crippen molar-refractivity contribution in [2.45, 2.75) is 26.2 Å². The molecule has 4 nitrogen and oxygen atoms in total. The van der Waals surface area contributed by atoms with Gasteiger partial charge in [-0.2, -0.15) is 0 Å². The van der Waals surface area contributed by atoms with Crippen molar-refractivity contribution in [2.75, 3.05) is 31.5 Å². The number of benzene rings is 1. The normalized spacial score (nSPS) is 14.9. The van der Waals surface area contributed by atoms with Crippen LogP contribution in [0.3, 0.4) is 0 Å². The van der Waals surface area contributed by atoms with Crippen molar-refractivity contribution in [1.82, 2.24) is 9.80 Å². The average molecular weight is 305 g/mol. The van der Waals surface area contributed by atoms with Crippen molar-refractivity contribution in [2.24, 2.45) is 0 Å². The Labute approximate surface area is 132 Å². The molecule has 1 heterocycles. The van der Waals surface area contributed by atoms with Crippen molar-refractivity contribution in [3.05, 3.63) is 29.8 Å². The van der Waals surface area contributed by atoms with Gasteiger partial charge in [-0.05, 0) is 42.8 Å². The Kier molecular flexibility index (Phi) is 5.99. The fraction of sp³-hybridized carbons (Fsp3) is 0.500. The van der Waals surface area contributed by atoms with Crippen LogP contribution in [0.2, 0.25) is 0 Å². The van der Waals surface area contributed by atoms with Crippen LogP contribution >= 0.6 is 12.2 Å². The number of nitrogens with one attached hydrogen (secondary N) is 1. The monoisotopic (exact) mass is 305 g/mol. The van der Waals surface area contributed by atoms with Crippen LogP contribution in [0.4, 0.5) is 5.69 Å². The van der Waals surface area contributed by atoms with E-state index in [4.69, 9.17) is 12.2 Å². The van der Waals surface area contributed by atoms with E-state index in [2.05, 4.69) is 41.4 Å². The van der Waals surface area contributed by atoms with E-state index in [-0.39, 0.29) is 0 Å². The number of carbonyl (C=O) groups excluding carboxylic acids is 1. The number of nitrogens with zero attached hydrogens (tertiary/aromatic N) is 2. The first kappa shape index (κ1) is 15.8. The van der Waals surface area contributed by atoms with E-state index in [9.17, 15) is 4.79 Å². The summed E-state index contributed by atoms with van der Waals surface area (Å²) in [4.78, 5) is 14.6. The maximum atomic E-state index is 10.7. The summed E-state index contributed by atoms with van der Waals surface area (Å²) in [6, 6.07) is 8.48. The van der Waals surface area contributed by atoms with E-state index in [0.29, 0.717) is 0 Å². The van der Waals surface area contributed by atoms with Crippen molar-refractivity contribution in [1.29, 1.82) is 0 Å². The fourth-order valence-corrected chi connectivity index (χ4v) is 2.67. The van der Waals surface area contributed by atoms with Gasteiger partial charge in [0.05, 0.1) is 0 Å². The molecule has 1 amide bonds. The molecule has 0 aromatic heterocycles. The third kappa shape index (κ3) is 4.70. The van der Waals surface area contributed by atoms with Gasteiger partial charge < -0.3 is 15.1 Å². The van der Waals surface area contributed by atoms with Crippen molar-refractivity contribution < 1.29 is 4.79 Å². The van der Waals surface area contributed by atoms with Crippen LogP contribution in [0.1, 0.15) is 25.3 Å². The van der Waals surface area contributed by atoms with Gasteiger partial charge in [-0.15, -0.1) is 0 Å². The standard InChI is InChI=1S/C16H23N3OS/c1-2-3-4-14-5-7-15(8-6-14)17-16(21)19-11-9-18(13-20)10-12-19/h5-8,13H,2-4,9-12H2,1H3,(H,17,21). The van der Waals surface area contributed by atoms with Crippen LogP contribution in [0.25, 0.3) is 0 Å². The highest BCUT2D eigenvalue weighted by Crippen LogP contribution is 2.13. The maximum absolute atomic E-state index is 10.7. The molecule has 1 aromatic rings. The zero-order valence-electron chi connectivity index (χ0n) is 12.5. The summed E-state index contributed by atoms with van der Waals surface area (Å²) in [6.07, 6.45) is 4.49. The number of piperazine rings is 1. The van der Waals surface area contributed by atoms with Gasteiger partial charge >= 0.3 is 0 Å². The second-order valence-electron chi connectivity index (χ2n) is 5.36. The zero-order chi connectivity index (χ0) is 15.1. The molecule has 0 spiro atoms. The van der Waals surface area contributed by atoms with Gasteiger partial charge in [0.25, 0.3) is 0 Å². The lowest BCUT2D eigenvalue weighted by molar-refractivity contribution is -0.119. The molecule has 1 aliphatic rings. The number of amides is 1. The molecule has 1 aromatic carbocycles. The molecule has 0 aliphatic carbocycles. The lowest BCUT2D eigenvalue weighted by Crippen LogP contribution is -2.49. The first-order valence-corrected chi connectivity index (χ1v) is 7.98. The maximum Gasteiger partial charge on any atom is 0.209 e. The Morgan fingerprint density at radius 2 is 1.90 bits per heavy atom. The summed E-state index contributed by atoms with van der Waals surface area (Å²) in [5.74, 6) is 0.